The Morgan fingerprint density at radius 2 is 1.69 bits per heavy atom. The van der Waals surface area contributed by atoms with Crippen molar-refractivity contribution < 1.29 is 27.9 Å². The zero-order valence-electron chi connectivity index (χ0n) is 18.7. The third-order valence-electron chi connectivity index (χ3n) is 5.39. The van der Waals surface area contributed by atoms with Crippen LogP contribution in [0.4, 0.5) is 0 Å². The third-order valence-corrected chi connectivity index (χ3v) is 7.54. The predicted molar refractivity (Wildman–Crippen MR) is 120 cm³/mol. The fourth-order valence-electron chi connectivity index (χ4n) is 3.22. The van der Waals surface area contributed by atoms with Gasteiger partial charge in [0.25, 0.3) is 10.0 Å². The van der Waals surface area contributed by atoms with Gasteiger partial charge in [-0.3, -0.25) is 19.3 Å². The zero-order valence-corrected chi connectivity index (χ0v) is 19.5. The SMILES string of the molecule is CC(C)(C)C(=O)CN(/N=C\N(C=O)CC(=O)c1ccccc1)S(=O)(=O)C1(O)CCCCC1. The van der Waals surface area contributed by atoms with Crippen molar-refractivity contribution in [2.75, 3.05) is 13.1 Å². The second-order valence-corrected chi connectivity index (χ2v) is 11.1. The predicted octanol–water partition coefficient (Wildman–Crippen LogP) is 2.17. The first-order valence-electron chi connectivity index (χ1n) is 10.5. The quantitative estimate of drug-likeness (QED) is 0.186. The lowest BCUT2D eigenvalue weighted by molar-refractivity contribution is -0.126. The summed E-state index contributed by atoms with van der Waals surface area (Å²) in [4.78, 5) is 35.3. The molecule has 1 aromatic carbocycles. The number of carbonyl (C=O) groups excluding carboxylic acids is 3. The molecule has 1 saturated carbocycles. The van der Waals surface area contributed by atoms with Gasteiger partial charge in [-0.25, -0.2) is 8.42 Å². The molecule has 1 aliphatic carbocycles. The van der Waals surface area contributed by atoms with Crippen LogP contribution in [0, 0.1) is 5.41 Å². The van der Waals surface area contributed by atoms with Gasteiger partial charge in [0.2, 0.25) is 6.41 Å². The molecule has 10 heteroatoms. The van der Waals surface area contributed by atoms with Crippen molar-refractivity contribution in [2.45, 2.75) is 57.8 Å². The molecule has 0 aliphatic heterocycles. The molecule has 176 valence electrons. The van der Waals surface area contributed by atoms with Crippen LogP contribution in [0.2, 0.25) is 0 Å². The van der Waals surface area contributed by atoms with Gasteiger partial charge in [0.1, 0.15) is 12.9 Å². The van der Waals surface area contributed by atoms with Gasteiger partial charge in [-0.2, -0.15) is 9.52 Å². The average molecular weight is 466 g/mol. The van der Waals surface area contributed by atoms with E-state index in [2.05, 4.69) is 5.10 Å². The monoisotopic (exact) mass is 465 g/mol. The molecule has 0 spiro atoms. The molecular formula is C22H31N3O6S. The molecule has 0 heterocycles. The molecule has 0 aromatic heterocycles. The first-order valence-corrected chi connectivity index (χ1v) is 12.0. The normalized spacial score (nSPS) is 16.5. The van der Waals surface area contributed by atoms with Crippen molar-refractivity contribution in [1.82, 2.24) is 9.31 Å². The first-order chi connectivity index (χ1) is 14.9. The molecule has 0 saturated heterocycles. The number of ketones is 2. The van der Waals surface area contributed by atoms with Crippen molar-refractivity contribution >= 4 is 34.3 Å². The van der Waals surface area contributed by atoms with E-state index in [0.29, 0.717) is 29.2 Å². The Labute approximate surface area is 189 Å². The summed E-state index contributed by atoms with van der Waals surface area (Å²) in [6.45, 7) is 3.99. The maximum atomic E-state index is 13.3. The summed E-state index contributed by atoms with van der Waals surface area (Å²) in [5.41, 5.74) is -0.455. The Morgan fingerprint density at radius 3 is 2.22 bits per heavy atom. The van der Waals surface area contributed by atoms with Crippen LogP contribution < -0.4 is 0 Å². The van der Waals surface area contributed by atoms with Crippen molar-refractivity contribution in [3.8, 4) is 0 Å². The second-order valence-electron chi connectivity index (χ2n) is 8.96. The molecule has 1 aromatic rings. The van der Waals surface area contributed by atoms with Crippen molar-refractivity contribution in [1.29, 1.82) is 0 Å². The third kappa shape index (κ3) is 6.23. The minimum absolute atomic E-state index is 0.0367. The van der Waals surface area contributed by atoms with E-state index in [1.54, 1.807) is 51.1 Å². The molecule has 1 N–H and O–H groups in total. The molecule has 0 atom stereocenters. The van der Waals surface area contributed by atoms with Gasteiger partial charge in [-0.15, -0.1) is 0 Å². The molecule has 0 radical (unpaired) electrons. The van der Waals surface area contributed by atoms with E-state index in [1.165, 1.54) is 0 Å². The van der Waals surface area contributed by atoms with Crippen LogP contribution in [0.25, 0.3) is 0 Å². The van der Waals surface area contributed by atoms with Crippen molar-refractivity contribution in [2.24, 2.45) is 10.5 Å². The van der Waals surface area contributed by atoms with Crippen LogP contribution >= 0.6 is 0 Å². The second kappa shape index (κ2) is 10.4. The standard InChI is InChI=1S/C22H31N3O6S/c1-21(2,3)20(28)15-25(32(30,31)22(29)12-8-5-9-13-22)23-16-24(17-26)14-19(27)18-10-6-4-7-11-18/h4,6-7,10-11,16-17,29H,5,8-9,12-15H2,1-3H3/b23-16-. The molecule has 1 aliphatic rings. The van der Waals surface area contributed by atoms with E-state index < -0.39 is 32.7 Å². The topological polar surface area (TPSA) is 124 Å². The minimum Gasteiger partial charge on any atom is -0.373 e. The van der Waals surface area contributed by atoms with E-state index in [0.717, 1.165) is 17.7 Å². The molecular weight excluding hydrogens is 434 g/mol. The van der Waals surface area contributed by atoms with Gasteiger partial charge in [0, 0.05) is 11.0 Å². The zero-order chi connectivity index (χ0) is 24.0. The van der Waals surface area contributed by atoms with E-state index >= 15 is 0 Å². The molecule has 0 bridgehead atoms. The van der Waals surface area contributed by atoms with Crippen LogP contribution in [0.15, 0.2) is 35.4 Å². The number of carbonyl (C=O) groups is 3. The number of sulfonamides is 1. The number of benzene rings is 1. The van der Waals surface area contributed by atoms with Gasteiger partial charge in [-0.05, 0) is 25.7 Å². The highest BCUT2D eigenvalue weighted by atomic mass is 32.2. The van der Waals surface area contributed by atoms with Crippen LogP contribution in [0.3, 0.4) is 0 Å². The molecule has 32 heavy (non-hydrogen) atoms. The molecule has 0 unspecified atom stereocenters. The lowest BCUT2D eigenvalue weighted by Gasteiger charge is -2.35. The lowest BCUT2D eigenvalue weighted by Crippen LogP contribution is -2.50. The molecule has 9 nitrogen and oxygen atoms in total. The maximum absolute atomic E-state index is 13.3. The van der Waals surface area contributed by atoms with Crippen LogP contribution in [0.5, 0.6) is 0 Å². The molecule has 1 fully saturated rings. The summed E-state index contributed by atoms with van der Waals surface area (Å²) in [7, 11) is -4.42. The number of nitrogens with zero attached hydrogens (tertiary/aromatic N) is 3. The average Bonchev–Trinajstić information content (AvgIpc) is 2.75. The number of hydrogen-bond acceptors (Lipinski definition) is 7. The number of amides is 1. The Balaban J connectivity index is 2.29. The minimum atomic E-state index is -4.42. The van der Waals surface area contributed by atoms with Gasteiger partial charge in [-0.1, -0.05) is 57.5 Å². The highest BCUT2D eigenvalue weighted by Gasteiger charge is 2.47. The molecule has 1 amide bonds. The van der Waals surface area contributed by atoms with E-state index in [4.69, 9.17) is 0 Å². The highest BCUT2D eigenvalue weighted by Crippen LogP contribution is 2.35. The Hall–Kier alpha value is -2.59. The summed E-state index contributed by atoms with van der Waals surface area (Å²) in [6.07, 6.45) is 3.19. The summed E-state index contributed by atoms with van der Waals surface area (Å²) in [6, 6.07) is 8.31. The fraction of sp³-hybridized carbons (Fsp3) is 0.545. The maximum Gasteiger partial charge on any atom is 0.280 e. The molecule has 2 rings (SSSR count). The van der Waals surface area contributed by atoms with Crippen molar-refractivity contribution in [3.05, 3.63) is 35.9 Å². The van der Waals surface area contributed by atoms with Crippen LogP contribution in [-0.4, -0.2) is 65.2 Å². The highest BCUT2D eigenvalue weighted by molar-refractivity contribution is 7.90. The Kier molecular flexibility index (Phi) is 8.30. The van der Waals surface area contributed by atoms with Crippen LogP contribution in [-0.2, 0) is 19.6 Å². The summed E-state index contributed by atoms with van der Waals surface area (Å²) in [5, 5.41) is 14.7. The lowest BCUT2D eigenvalue weighted by atomic mass is 9.91. The number of aliphatic hydroxyl groups is 1. The van der Waals surface area contributed by atoms with E-state index in [1.807, 2.05) is 0 Å². The van der Waals surface area contributed by atoms with Gasteiger partial charge in [0.15, 0.2) is 16.5 Å². The summed E-state index contributed by atoms with van der Waals surface area (Å²) < 4.78 is 27.1. The van der Waals surface area contributed by atoms with Gasteiger partial charge >= 0.3 is 0 Å². The summed E-state index contributed by atoms with van der Waals surface area (Å²) >= 11 is 0. The number of rotatable bonds is 10. The largest absolute Gasteiger partial charge is 0.373 e. The van der Waals surface area contributed by atoms with E-state index in [9.17, 15) is 27.9 Å². The Morgan fingerprint density at radius 1 is 1.09 bits per heavy atom. The fourth-order valence-corrected chi connectivity index (χ4v) is 4.87. The van der Waals surface area contributed by atoms with Crippen molar-refractivity contribution in [3.63, 3.8) is 0 Å². The Bertz CT molecular complexity index is 948. The first kappa shape index (κ1) is 25.7. The number of hydrogen-bond donors (Lipinski definition) is 1. The van der Waals surface area contributed by atoms with Gasteiger partial charge in [0.05, 0.1) is 6.54 Å². The van der Waals surface area contributed by atoms with E-state index in [-0.39, 0.29) is 25.2 Å². The van der Waals surface area contributed by atoms with Gasteiger partial charge < -0.3 is 5.11 Å². The smallest absolute Gasteiger partial charge is 0.280 e. The number of hydrazone groups is 1. The summed E-state index contributed by atoms with van der Waals surface area (Å²) in [5.74, 6) is -0.772. The number of Topliss-reactive ketones (excluding diaryl/α,β-unsaturated/α-hetero) is 2. The van der Waals surface area contributed by atoms with Crippen LogP contribution in [0.1, 0.15) is 63.2 Å².